The molecule has 0 unspecified atom stereocenters. The molecular weight excluding hydrogens is 460 g/mol. The number of hydrogen-bond acceptors (Lipinski definition) is 9. The number of methoxy groups -OCH3 is 1. The molecule has 0 saturated carbocycles. The van der Waals surface area contributed by atoms with Gasteiger partial charge in [-0.05, 0) is 69.2 Å². The van der Waals surface area contributed by atoms with Crippen LogP contribution in [0.1, 0.15) is 42.5 Å². The maximum absolute atomic E-state index is 12.0. The topological polar surface area (TPSA) is 126 Å². The van der Waals surface area contributed by atoms with Crippen molar-refractivity contribution in [2.75, 3.05) is 50.5 Å². The van der Waals surface area contributed by atoms with Gasteiger partial charge in [0.25, 0.3) is 0 Å². The Morgan fingerprint density at radius 2 is 2.19 bits per heavy atom. The number of pyridine rings is 1. The zero-order chi connectivity index (χ0) is 25.3. The highest BCUT2D eigenvalue weighted by Crippen LogP contribution is 2.24. The van der Waals surface area contributed by atoms with E-state index in [0.717, 1.165) is 63.3 Å². The molecule has 0 saturated heterocycles. The highest BCUT2D eigenvalue weighted by Gasteiger charge is 2.21. The van der Waals surface area contributed by atoms with Crippen molar-refractivity contribution < 1.29 is 19.1 Å². The van der Waals surface area contributed by atoms with Crippen LogP contribution in [0.15, 0.2) is 29.1 Å². The second kappa shape index (κ2) is 12.6. The molecule has 0 bridgehead atoms. The number of aryl methyl sites for hydroxylation is 3. The summed E-state index contributed by atoms with van der Waals surface area (Å²) in [7, 11) is 1.68. The fourth-order valence-electron chi connectivity index (χ4n) is 4.61. The minimum atomic E-state index is -0.917. The first-order valence-corrected chi connectivity index (χ1v) is 12.7. The summed E-state index contributed by atoms with van der Waals surface area (Å²) in [5, 5.41) is 17.0. The molecule has 1 aliphatic rings. The van der Waals surface area contributed by atoms with Gasteiger partial charge in [-0.2, -0.15) is 0 Å². The van der Waals surface area contributed by atoms with Gasteiger partial charge < -0.3 is 29.8 Å². The molecule has 0 amide bonds. The van der Waals surface area contributed by atoms with E-state index in [0.29, 0.717) is 36.5 Å². The Morgan fingerprint density at radius 1 is 1.31 bits per heavy atom. The maximum Gasteiger partial charge on any atom is 0.326 e. The van der Waals surface area contributed by atoms with Crippen LogP contribution in [0.5, 0.6) is 0 Å². The molecule has 0 aliphatic carbocycles. The zero-order valence-corrected chi connectivity index (χ0v) is 21.1. The van der Waals surface area contributed by atoms with Crippen molar-refractivity contribution in [2.24, 2.45) is 0 Å². The summed E-state index contributed by atoms with van der Waals surface area (Å²) < 4.78 is 10.6. The zero-order valence-electron chi connectivity index (χ0n) is 21.1. The van der Waals surface area contributed by atoms with E-state index in [4.69, 9.17) is 14.1 Å². The average Bonchev–Trinajstić information content (AvgIpc) is 3.36. The van der Waals surface area contributed by atoms with Crippen LogP contribution < -0.4 is 10.6 Å². The van der Waals surface area contributed by atoms with Crippen molar-refractivity contribution in [3.63, 3.8) is 0 Å². The van der Waals surface area contributed by atoms with Gasteiger partial charge in [0.1, 0.15) is 24.0 Å². The highest BCUT2D eigenvalue weighted by molar-refractivity contribution is 5.87. The summed E-state index contributed by atoms with van der Waals surface area (Å²) in [6.45, 7) is 6.00. The van der Waals surface area contributed by atoms with Crippen LogP contribution >= 0.6 is 0 Å². The number of aliphatic carboxylic acids is 1. The molecule has 0 fully saturated rings. The van der Waals surface area contributed by atoms with Crippen molar-refractivity contribution in [3.8, 4) is 0 Å². The largest absolute Gasteiger partial charge is 0.480 e. The minimum absolute atomic E-state index is 0.429. The van der Waals surface area contributed by atoms with Crippen molar-refractivity contribution in [2.45, 2.75) is 51.5 Å². The van der Waals surface area contributed by atoms with E-state index in [9.17, 15) is 9.90 Å². The standard InChI is InChI=1S/C26H36N6O4/c1-18-16-19-6-5-10-27-23(19)30-21(18)7-3-4-11-32(13-15-35-2)12-8-22(26(33)34)31-24-20-9-14-36-25(20)29-17-28-24/h9,14,16-17,22H,3-8,10-13,15H2,1-2H3,(H,27,30)(H,33,34)(H,28,29,31)/t22-/m0/s1. The summed E-state index contributed by atoms with van der Waals surface area (Å²) in [5.74, 6) is 0.596. The number of ether oxygens (including phenoxy) is 1. The Bertz CT molecular complexity index is 1150. The molecule has 0 spiro atoms. The van der Waals surface area contributed by atoms with E-state index in [-0.39, 0.29) is 0 Å². The number of carboxylic acid groups (broad SMARTS) is 1. The van der Waals surface area contributed by atoms with Gasteiger partial charge >= 0.3 is 5.97 Å². The van der Waals surface area contributed by atoms with E-state index in [1.165, 1.54) is 23.7 Å². The second-order valence-corrected chi connectivity index (χ2v) is 9.27. The number of rotatable bonds is 14. The van der Waals surface area contributed by atoms with Crippen LogP contribution in [0.25, 0.3) is 11.1 Å². The lowest BCUT2D eigenvalue weighted by molar-refractivity contribution is -0.138. The van der Waals surface area contributed by atoms with Gasteiger partial charge in [-0.15, -0.1) is 0 Å². The number of furan rings is 1. The maximum atomic E-state index is 12.0. The lowest BCUT2D eigenvalue weighted by Crippen LogP contribution is -2.37. The molecule has 194 valence electrons. The van der Waals surface area contributed by atoms with E-state index >= 15 is 0 Å². The summed E-state index contributed by atoms with van der Waals surface area (Å²) in [5.41, 5.74) is 4.18. The van der Waals surface area contributed by atoms with Crippen molar-refractivity contribution >= 4 is 28.7 Å². The molecule has 0 radical (unpaired) electrons. The quantitative estimate of drug-likeness (QED) is 0.285. The fraction of sp³-hybridized carbons (Fsp3) is 0.538. The van der Waals surface area contributed by atoms with Gasteiger partial charge in [-0.3, -0.25) is 0 Å². The number of nitrogens with zero attached hydrogens (tertiary/aromatic N) is 4. The van der Waals surface area contributed by atoms with Gasteiger partial charge in [0, 0.05) is 32.4 Å². The molecule has 3 aromatic rings. The highest BCUT2D eigenvalue weighted by atomic mass is 16.5. The third-order valence-corrected chi connectivity index (χ3v) is 6.67. The van der Waals surface area contributed by atoms with E-state index in [1.807, 2.05) is 0 Å². The number of hydrogen-bond donors (Lipinski definition) is 3. The molecule has 36 heavy (non-hydrogen) atoms. The number of unbranched alkanes of at least 4 members (excludes halogenated alkanes) is 1. The lowest BCUT2D eigenvalue weighted by Gasteiger charge is -2.24. The number of carboxylic acids is 1. The van der Waals surface area contributed by atoms with Crippen molar-refractivity contribution in [1.82, 2.24) is 19.9 Å². The van der Waals surface area contributed by atoms with Gasteiger partial charge in [-0.25, -0.2) is 19.7 Å². The first-order valence-electron chi connectivity index (χ1n) is 12.7. The van der Waals surface area contributed by atoms with E-state index in [1.54, 1.807) is 13.2 Å². The van der Waals surface area contributed by atoms with Gasteiger partial charge in [-0.1, -0.05) is 6.07 Å². The molecule has 1 atom stereocenters. The van der Waals surface area contributed by atoms with Crippen LogP contribution in [-0.2, 0) is 22.4 Å². The number of fused-ring (bicyclic) bond motifs is 2. The van der Waals surface area contributed by atoms with Crippen molar-refractivity contribution in [1.29, 1.82) is 0 Å². The average molecular weight is 497 g/mol. The molecule has 0 aromatic carbocycles. The number of aromatic nitrogens is 3. The van der Waals surface area contributed by atoms with Crippen LogP contribution in [0.3, 0.4) is 0 Å². The SMILES string of the molecule is COCCN(CCCCc1nc2c(cc1C)CCCN2)CC[C@H](Nc1ncnc2occc12)C(=O)O. The molecule has 3 N–H and O–H groups in total. The Labute approximate surface area is 211 Å². The summed E-state index contributed by atoms with van der Waals surface area (Å²) in [6, 6.07) is 3.23. The summed E-state index contributed by atoms with van der Waals surface area (Å²) >= 11 is 0. The molecule has 4 rings (SSSR count). The molecule has 3 aromatic heterocycles. The molecule has 10 nitrogen and oxygen atoms in total. The Kier molecular flexibility index (Phi) is 9.07. The summed E-state index contributed by atoms with van der Waals surface area (Å²) in [4.78, 5) is 27.4. The van der Waals surface area contributed by atoms with Crippen molar-refractivity contribution in [3.05, 3.63) is 41.5 Å². The fourth-order valence-corrected chi connectivity index (χ4v) is 4.61. The Morgan fingerprint density at radius 3 is 3.03 bits per heavy atom. The number of nitrogens with one attached hydrogen (secondary N) is 2. The van der Waals surface area contributed by atoms with Gasteiger partial charge in [0.15, 0.2) is 0 Å². The van der Waals surface area contributed by atoms with Crippen LogP contribution in [0, 0.1) is 6.92 Å². The van der Waals surface area contributed by atoms with Gasteiger partial charge in [0.2, 0.25) is 5.71 Å². The minimum Gasteiger partial charge on any atom is -0.480 e. The van der Waals surface area contributed by atoms with E-state index in [2.05, 4.69) is 38.5 Å². The smallest absolute Gasteiger partial charge is 0.326 e. The number of carbonyl (C=O) groups is 1. The lowest BCUT2D eigenvalue weighted by atomic mass is 10.0. The molecule has 10 heteroatoms. The second-order valence-electron chi connectivity index (χ2n) is 9.27. The molecule has 4 heterocycles. The summed E-state index contributed by atoms with van der Waals surface area (Å²) in [6.07, 6.45) is 8.54. The predicted molar refractivity (Wildman–Crippen MR) is 139 cm³/mol. The third-order valence-electron chi connectivity index (χ3n) is 6.67. The molecule has 1 aliphatic heterocycles. The molecular formula is C26H36N6O4. The van der Waals surface area contributed by atoms with Gasteiger partial charge in [0.05, 0.1) is 18.3 Å². The first kappa shape index (κ1) is 25.8. The van der Waals surface area contributed by atoms with E-state index < -0.39 is 12.0 Å². The number of anilines is 2. The third kappa shape index (κ3) is 6.70. The van der Waals surface area contributed by atoms with Crippen LogP contribution in [-0.4, -0.2) is 76.9 Å². The normalized spacial score (nSPS) is 14.0. The monoisotopic (exact) mass is 496 g/mol. The predicted octanol–water partition coefficient (Wildman–Crippen LogP) is 3.51. The first-order chi connectivity index (χ1) is 17.5. The Hall–Kier alpha value is -3.24. The van der Waals surface area contributed by atoms with Crippen LogP contribution in [0.4, 0.5) is 11.6 Å². The Balaban J connectivity index is 1.29. The van der Waals surface area contributed by atoms with Crippen LogP contribution in [0.2, 0.25) is 0 Å².